The molecule has 1 unspecified atom stereocenters. The molecule has 0 bridgehead atoms. The molecule has 1 aliphatic heterocycles. The Labute approximate surface area is 157 Å². The molecule has 0 fully saturated rings. The number of thiol groups is 1. The third-order valence-electron chi connectivity index (χ3n) is 3.37. The van der Waals surface area contributed by atoms with Gasteiger partial charge in [0.15, 0.2) is 17.5 Å². The maximum absolute atomic E-state index is 10.1. The minimum atomic E-state index is -0.983. The van der Waals surface area contributed by atoms with Crippen LogP contribution in [0.2, 0.25) is 0 Å². The smallest absolute Gasteiger partial charge is 0.257 e. The molecule has 0 aliphatic carbocycles. The van der Waals surface area contributed by atoms with E-state index in [-0.39, 0.29) is 23.1 Å². The summed E-state index contributed by atoms with van der Waals surface area (Å²) < 4.78 is 4.06. The van der Waals surface area contributed by atoms with Gasteiger partial charge in [0, 0.05) is 18.3 Å². The molecule has 0 aromatic heterocycles. The number of guanidine groups is 1. The van der Waals surface area contributed by atoms with Crippen LogP contribution in [0.25, 0.3) is 10.8 Å². The van der Waals surface area contributed by atoms with E-state index < -0.39 is 6.04 Å². The zero-order chi connectivity index (χ0) is 19.2. The van der Waals surface area contributed by atoms with Gasteiger partial charge in [-0.3, -0.25) is 0 Å². The van der Waals surface area contributed by atoms with Gasteiger partial charge >= 0.3 is 0 Å². The Morgan fingerprint density at radius 3 is 2.74 bits per heavy atom. The Bertz CT molecular complexity index is 1110. The molecule has 27 heavy (non-hydrogen) atoms. The Hall–Kier alpha value is -3.73. The van der Waals surface area contributed by atoms with E-state index in [1.54, 1.807) is 30.3 Å². The zero-order valence-corrected chi connectivity index (χ0v) is 14.2. The number of nitriles is 2. The van der Waals surface area contributed by atoms with Crippen LogP contribution in [-0.2, 0) is 9.37 Å². The lowest BCUT2D eigenvalue weighted by atomic mass is 10.1. The Morgan fingerprint density at radius 2 is 2.04 bits per heavy atom. The van der Waals surface area contributed by atoms with E-state index in [0.717, 1.165) is 0 Å². The molecule has 1 aliphatic rings. The summed E-state index contributed by atoms with van der Waals surface area (Å²) in [6, 6.07) is 12.9. The summed E-state index contributed by atoms with van der Waals surface area (Å²) in [5.41, 5.74) is 0.153. The van der Waals surface area contributed by atoms with Crippen molar-refractivity contribution in [2.45, 2.75) is 6.04 Å². The van der Waals surface area contributed by atoms with Crippen LogP contribution in [0.1, 0.15) is 0 Å². The first-order valence-electron chi connectivity index (χ1n) is 7.19. The van der Waals surface area contributed by atoms with Crippen LogP contribution >= 0.6 is 12.9 Å². The van der Waals surface area contributed by atoms with Gasteiger partial charge in [-0.15, -0.1) is 9.33 Å². The number of aliphatic imine (C=N–C) groups is 4. The molecule has 0 radical (unpaired) electrons. The van der Waals surface area contributed by atoms with E-state index >= 15 is 0 Å². The highest BCUT2D eigenvalue weighted by Crippen LogP contribution is 2.36. The first-order chi connectivity index (χ1) is 13.2. The van der Waals surface area contributed by atoms with Crippen molar-refractivity contribution >= 4 is 47.0 Å². The van der Waals surface area contributed by atoms with Gasteiger partial charge in [-0.2, -0.15) is 15.5 Å². The van der Waals surface area contributed by atoms with Gasteiger partial charge in [0.2, 0.25) is 0 Å². The molecule has 1 N–H and O–H groups in total. The van der Waals surface area contributed by atoms with Crippen molar-refractivity contribution in [3.63, 3.8) is 0 Å². The summed E-state index contributed by atoms with van der Waals surface area (Å²) in [6.07, 6.45) is 0. The van der Waals surface area contributed by atoms with Gasteiger partial charge in [-0.25, -0.2) is 9.98 Å². The van der Waals surface area contributed by atoms with Gasteiger partial charge in [-0.05, 0) is 34.7 Å². The monoisotopic (exact) mass is 380 g/mol. The van der Waals surface area contributed by atoms with E-state index in [9.17, 15) is 5.11 Å². The van der Waals surface area contributed by atoms with Crippen LogP contribution in [0.5, 0.6) is 11.5 Å². The lowest BCUT2D eigenvalue weighted by Gasteiger charge is -2.05. The molecule has 3 rings (SSSR count). The number of rotatable bonds is 4. The van der Waals surface area contributed by atoms with E-state index in [1.807, 2.05) is 6.07 Å². The minimum Gasteiger partial charge on any atom is -0.506 e. The quantitative estimate of drug-likeness (QED) is 0.274. The SMILES string of the molecule is N#CC1=NC(N=C=Nc2c(O)ccc3cc(OOOS)ccc23)=NC1C#N. The van der Waals surface area contributed by atoms with Crippen molar-refractivity contribution in [3.8, 4) is 23.6 Å². The molecule has 11 heteroatoms. The molecule has 0 spiro atoms. The number of phenolic OH excluding ortho intramolecular Hbond substituents is 1. The van der Waals surface area contributed by atoms with E-state index in [4.69, 9.17) is 15.4 Å². The molecule has 2 aromatic carbocycles. The maximum atomic E-state index is 10.1. The van der Waals surface area contributed by atoms with Crippen LogP contribution in [-0.4, -0.2) is 28.8 Å². The fourth-order valence-corrected chi connectivity index (χ4v) is 2.26. The summed E-state index contributed by atoms with van der Waals surface area (Å²) in [7, 11) is 0. The molecule has 10 nitrogen and oxygen atoms in total. The molecule has 132 valence electrons. The molecule has 2 aromatic rings. The fourth-order valence-electron chi connectivity index (χ4n) is 2.23. The van der Waals surface area contributed by atoms with Crippen molar-refractivity contribution in [1.29, 1.82) is 10.5 Å². The molecule has 0 saturated heterocycles. The summed E-state index contributed by atoms with van der Waals surface area (Å²) >= 11 is 3.38. The summed E-state index contributed by atoms with van der Waals surface area (Å²) in [4.78, 5) is 20.2. The van der Waals surface area contributed by atoms with E-state index in [1.165, 1.54) is 6.07 Å². The lowest BCUT2D eigenvalue weighted by molar-refractivity contribution is -0.402. The summed E-state index contributed by atoms with van der Waals surface area (Å²) in [5.74, 6) is 0.145. The molecular weight excluding hydrogens is 372 g/mol. The number of aromatic hydroxyl groups is 1. The van der Waals surface area contributed by atoms with Crippen LogP contribution < -0.4 is 4.89 Å². The third kappa shape index (κ3) is 3.93. The first kappa shape index (κ1) is 18.1. The van der Waals surface area contributed by atoms with Crippen molar-refractivity contribution in [1.82, 2.24) is 0 Å². The van der Waals surface area contributed by atoms with Crippen LogP contribution in [0, 0.1) is 22.7 Å². The van der Waals surface area contributed by atoms with Gasteiger partial charge in [0.25, 0.3) is 5.96 Å². The second-order valence-corrected chi connectivity index (χ2v) is 5.08. The standard InChI is InChI=1S/C16H8N6O4S/c17-6-12-13(7-18)22-16(21-12)20-8-19-15-11-3-2-10(24-25-26-27)5-9(11)1-4-14(15)23/h1-5,12,23,27H. The minimum absolute atomic E-state index is 0.0500. The van der Waals surface area contributed by atoms with Crippen molar-refractivity contribution in [2.24, 2.45) is 20.0 Å². The molecule has 1 heterocycles. The lowest BCUT2D eigenvalue weighted by Crippen LogP contribution is -2.09. The Balaban J connectivity index is 1.94. The van der Waals surface area contributed by atoms with E-state index in [0.29, 0.717) is 16.5 Å². The number of fused-ring (bicyclic) bond motifs is 1. The zero-order valence-electron chi connectivity index (χ0n) is 13.3. The van der Waals surface area contributed by atoms with Gasteiger partial charge < -0.3 is 9.99 Å². The van der Waals surface area contributed by atoms with Gasteiger partial charge in [0.1, 0.15) is 23.5 Å². The normalized spacial score (nSPS) is 15.1. The fraction of sp³-hybridized carbons (Fsp3) is 0.0625. The van der Waals surface area contributed by atoms with Gasteiger partial charge in [0.05, 0.1) is 6.07 Å². The molecular formula is C16H8N6O4S. The van der Waals surface area contributed by atoms with Crippen molar-refractivity contribution < 1.29 is 19.4 Å². The summed E-state index contributed by atoms with van der Waals surface area (Å²) in [6.45, 7) is 0. The van der Waals surface area contributed by atoms with Gasteiger partial charge in [-0.1, -0.05) is 6.07 Å². The number of phenols is 1. The molecule has 0 amide bonds. The topological polar surface area (TPSA) is 145 Å². The van der Waals surface area contributed by atoms with Crippen LogP contribution in [0.3, 0.4) is 0 Å². The first-order valence-corrected chi connectivity index (χ1v) is 7.56. The largest absolute Gasteiger partial charge is 0.506 e. The van der Waals surface area contributed by atoms with Crippen molar-refractivity contribution in [3.05, 3.63) is 30.3 Å². The molecule has 0 saturated carbocycles. The third-order valence-corrected chi connectivity index (χ3v) is 3.44. The highest BCUT2D eigenvalue weighted by molar-refractivity contribution is 7.74. The molecule has 1 atom stereocenters. The predicted octanol–water partition coefficient (Wildman–Crippen LogP) is 2.66. The highest BCUT2D eigenvalue weighted by atomic mass is 32.1. The Morgan fingerprint density at radius 1 is 1.19 bits per heavy atom. The maximum Gasteiger partial charge on any atom is 0.257 e. The number of hydrogen-bond acceptors (Lipinski definition) is 11. The van der Waals surface area contributed by atoms with Crippen LogP contribution in [0.4, 0.5) is 5.69 Å². The predicted molar refractivity (Wildman–Crippen MR) is 96.8 cm³/mol. The summed E-state index contributed by atoms with van der Waals surface area (Å²) in [5, 5.41) is 33.4. The average Bonchev–Trinajstić information content (AvgIpc) is 3.10. The Kier molecular flexibility index (Phi) is 5.42. The number of nitrogens with zero attached hydrogens (tertiary/aromatic N) is 6. The highest BCUT2D eigenvalue weighted by Gasteiger charge is 2.21. The van der Waals surface area contributed by atoms with E-state index in [2.05, 4.69) is 48.3 Å². The van der Waals surface area contributed by atoms with Crippen LogP contribution in [0.15, 0.2) is 50.3 Å². The second kappa shape index (κ2) is 8.10. The van der Waals surface area contributed by atoms with Crippen molar-refractivity contribution in [2.75, 3.05) is 0 Å². The number of benzene rings is 2. The average molecular weight is 380 g/mol. The number of hydrogen-bond donors (Lipinski definition) is 2. The second-order valence-electron chi connectivity index (χ2n) is 4.94.